The Morgan fingerprint density at radius 2 is 1.68 bits per heavy atom. The van der Waals surface area contributed by atoms with Crippen LogP contribution in [0.3, 0.4) is 0 Å². The Morgan fingerprint density at radius 1 is 0.955 bits per heavy atom. The summed E-state index contributed by atoms with van der Waals surface area (Å²) in [4.78, 5) is 13.4. The monoisotopic (exact) mass is 303 g/mol. The van der Waals surface area contributed by atoms with Crippen molar-refractivity contribution in [1.82, 2.24) is 30.2 Å². The van der Waals surface area contributed by atoms with Crippen LogP contribution < -0.4 is 4.90 Å². The zero-order valence-corrected chi connectivity index (χ0v) is 13.4. The van der Waals surface area contributed by atoms with Crippen LogP contribution in [0.25, 0.3) is 0 Å². The van der Waals surface area contributed by atoms with Crippen LogP contribution in [0.5, 0.6) is 0 Å². The third-order valence-electron chi connectivity index (χ3n) is 4.14. The molecule has 0 saturated carbocycles. The number of piperazine rings is 1. The van der Waals surface area contributed by atoms with Gasteiger partial charge in [-0.2, -0.15) is 10.1 Å². The first-order valence-corrected chi connectivity index (χ1v) is 7.51. The Balaban J connectivity index is 1.63. The highest BCUT2D eigenvalue weighted by Gasteiger charge is 2.26. The van der Waals surface area contributed by atoms with E-state index in [0.29, 0.717) is 11.8 Å². The number of hydrogen-bond acceptors (Lipinski definition) is 8. The predicted octanol–water partition coefficient (Wildman–Crippen LogP) is 1.06. The number of anilines is 1. The van der Waals surface area contributed by atoms with E-state index in [1.165, 1.54) is 0 Å². The lowest BCUT2D eigenvalue weighted by Crippen LogP contribution is -2.48. The molecule has 1 unspecified atom stereocenters. The van der Waals surface area contributed by atoms with Gasteiger partial charge in [-0.1, -0.05) is 5.16 Å². The lowest BCUT2D eigenvalue weighted by atomic mass is 10.2. The average Bonchev–Trinajstić information content (AvgIpc) is 2.96. The number of hydrogen-bond donors (Lipinski definition) is 0. The summed E-state index contributed by atoms with van der Waals surface area (Å²) < 4.78 is 5.06. The number of nitrogens with zero attached hydrogens (tertiary/aromatic N) is 7. The summed E-state index contributed by atoms with van der Waals surface area (Å²) in [5, 5.41) is 12.4. The van der Waals surface area contributed by atoms with E-state index in [-0.39, 0.29) is 6.04 Å². The van der Waals surface area contributed by atoms with Crippen molar-refractivity contribution in [2.24, 2.45) is 0 Å². The molecule has 8 heteroatoms. The van der Waals surface area contributed by atoms with Crippen molar-refractivity contribution in [3.63, 3.8) is 0 Å². The van der Waals surface area contributed by atoms with Gasteiger partial charge in [0.15, 0.2) is 5.82 Å². The number of aryl methyl sites for hydroxylation is 3. The van der Waals surface area contributed by atoms with Crippen LogP contribution in [0.2, 0.25) is 0 Å². The standard InChI is InChI=1S/C14H21N7O/c1-9-10(2)17-18-14(15-9)21-7-5-20(6-8-21)11(3)13-16-12(4)22-19-13/h11H,5-8H2,1-4H3. The molecular formula is C14H21N7O. The summed E-state index contributed by atoms with van der Waals surface area (Å²) in [6.07, 6.45) is 0. The van der Waals surface area contributed by atoms with Gasteiger partial charge in [-0.25, -0.2) is 4.98 Å². The summed E-state index contributed by atoms with van der Waals surface area (Å²) >= 11 is 0. The molecule has 118 valence electrons. The molecule has 0 bridgehead atoms. The van der Waals surface area contributed by atoms with Crippen molar-refractivity contribution < 1.29 is 4.52 Å². The minimum Gasteiger partial charge on any atom is -0.340 e. The molecule has 0 aromatic carbocycles. The van der Waals surface area contributed by atoms with Crippen molar-refractivity contribution in [2.75, 3.05) is 31.1 Å². The van der Waals surface area contributed by atoms with Crippen LogP contribution >= 0.6 is 0 Å². The van der Waals surface area contributed by atoms with Gasteiger partial charge in [-0.15, -0.1) is 5.10 Å². The normalized spacial score (nSPS) is 17.7. The predicted molar refractivity (Wildman–Crippen MR) is 80.5 cm³/mol. The van der Waals surface area contributed by atoms with Gasteiger partial charge in [-0.05, 0) is 20.8 Å². The van der Waals surface area contributed by atoms with Crippen LogP contribution in [0.4, 0.5) is 5.95 Å². The lowest BCUT2D eigenvalue weighted by molar-refractivity contribution is 0.187. The fourth-order valence-electron chi connectivity index (χ4n) is 2.54. The minimum atomic E-state index is 0.151. The lowest BCUT2D eigenvalue weighted by Gasteiger charge is -2.36. The van der Waals surface area contributed by atoms with Gasteiger partial charge in [0.25, 0.3) is 0 Å². The number of aromatic nitrogens is 5. The van der Waals surface area contributed by atoms with E-state index in [4.69, 9.17) is 4.52 Å². The van der Waals surface area contributed by atoms with Crippen molar-refractivity contribution in [3.05, 3.63) is 23.1 Å². The summed E-state index contributed by atoms with van der Waals surface area (Å²) in [6, 6.07) is 0.151. The Labute approximate surface area is 129 Å². The summed E-state index contributed by atoms with van der Waals surface area (Å²) in [5.41, 5.74) is 1.81. The van der Waals surface area contributed by atoms with Crippen LogP contribution in [0.15, 0.2) is 4.52 Å². The first-order valence-electron chi connectivity index (χ1n) is 7.51. The van der Waals surface area contributed by atoms with Gasteiger partial charge in [0, 0.05) is 33.1 Å². The molecule has 1 aliphatic rings. The van der Waals surface area contributed by atoms with E-state index in [9.17, 15) is 0 Å². The largest absolute Gasteiger partial charge is 0.340 e. The second-order valence-electron chi connectivity index (χ2n) is 5.65. The molecule has 2 aromatic heterocycles. The molecule has 22 heavy (non-hydrogen) atoms. The second-order valence-corrected chi connectivity index (χ2v) is 5.65. The zero-order chi connectivity index (χ0) is 15.7. The molecule has 1 fully saturated rings. The molecule has 1 saturated heterocycles. The van der Waals surface area contributed by atoms with E-state index in [0.717, 1.165) is 43.4 Å². The average molecular weight is 303 g/mol. The molecule has 8 nitrogen and oxygen atoms in total. The molecule has 0 radical (unpaired) electrons. The maximum absolute atomic E-state index is 5.06. The van der Waals surface area contributed by atoms with Crippen LogP contribution in [0, 0.1) is 20.8 Å². The van der Waals surface area contributed by atoms with Crippen molar-refractivity contribution in [3.8, 4) is 0 Å². The van der Waals surface area contributed by atoms with Crippen molar-refractivity contribution in [2.45, 2.75) is 33.7 Å². The summed E-state index contributed by atoms with van der Waals surface area (Å²) in [7, 11) is 0. The molecule has 0 spiro atoms. The van der Waals surface area contributed by atoms with E-state index in [2.05, 4.69) is 42.0 Å². The van der Waals surface area contributed by atoms with E-state index < -0.39 is 0 Å². The topological polar surface area (TPSA) is 84.1 Å². The summed E-state index contributed by atoms with van der Waals surface area (Å²) in [5.74, 6) is 2.07. The van der Waals surface area contributed by atoms with E-state index in [1.807, 2.05) is 20.8 Å². The highest BCUT2D eigenvalue weighted by Crippen LogP contribution is 2.20. The highest BCUT2D eigenvalue weighted by molar-refractivity contribution is 5.30. The maximum atomic E-state index is 5.06. The molecular weight excluding hydrogens is 282 g/mol. The Bertz CT molecular complexity index is 648. The summed E-state index contributed by atoms with van der Waals surface area (Å²) in [6.45, 7) is 11.3. The Kier molecular flexibility index (Phi) is 4.02. The third-order valence-corrected chi connectivity index (χ3v) is 4.14. The molecule has 0 amide bonds. The molecule has 2 aromatic rings. The fourth-order valence-corrected chi connectivity index (χ4v) is 2.54. The van der Waals surface area contributed by atoms with Gasteiger partial charge in [0.05, 0.1) is 17.4 Å². The Hall–Kier alpha value is -2.09. The first kappa shape index (κ1) is 14.8. The van der Waals surface area contributed by atoms with Crippen LogP contribution in [-0.4, -0.2) is 56.4 Å². The van der Waals surface area contributed by atoms with Crippen molar-refractivity contribution in [1.29, 1.82) is 0 Å². The third kappa shape index (κ3) is 2.92. The highest BCUT2D eigenvalue weighted by atomic mass is 16.5. The number of rotatable bonds is 3. The van der Waals surface area contributed by atoms with Gasteiger partial charge in [0.1, 0.15) is 0 Å². The van der Waals surface area contributed by atoms with E-state index >= 15 is 0 Å². The zero-order valence-electron chi connectivity index (χ0n) is 13.4. The molecule has 0 N–H and O–H groups in total. The minimum absolute atomic E-state index is 0.151. The molecule has 1 aliphatic heterocycles. The fraction of sp³-hybridized carbons (Fsp3) is 0.643. The molecule has 3 rings (SSSR count). The van der Waals surface area contributed by atoms with Gasteiger partial charge in [0.2, 0.25) is 11.8 Å². The second kappa shape index (κ2) is 5.96. The first-order chi connectivity index (χ1) is 10.5. The SMILES string of the molecule is Cc1nc(C(C)N2CCN(c3nnc(C)c(C)n3)CC2)no1. The Morgan fingerprint density at radius 3 is 2.27 bits per heavy atom. The van der Waals surface area contributed by atoms with Gasteiger partial charge in [-0.3, -0.25) is 4.90 Å². The van der Waals surface area contributed by atoms with E-state index in [1.54, 1.807) is 0 Å². The smallest absolute Gasteiger partial charge is 0.245 e. The molecule has 3 heterocycles. The van der Waals surface area contributed by atoms with Crippen molar-refractivity contribution >= 4 is 5.95 Å². The molecule has 1 atom stereocenters. The maximum Gasteiger partial charge on any atom is 0.245 e. The quantitative estimate of drug-likeness (QED) is 0.832. The van der Waals surface area contributed by atoms with Gasteiger partial charge < -0.3 is 9.42 Å². The van der Waals surface area contributed by atoms with Crippen LogP contribution in [0.1, 0.15) is 36.1 Å². The molecule has 0 aliphatic carbocycles. The van der Waals surface area contributed by atoms with Crippen LogP contribution in [-0.2, 0) is 0 Å². The van der Waals surface area contributed by atoms with Gasteiger partial charge >= 0.3 is 0 Å².